The lowest BCUT2D eigenvalue weighted by atomic mass is 10.2. The first kappa shape index (κ1) is 13.9. The van der Waals surface area contributed by atoms with E-state index < -0.39 is 11.7 Å². The highest BCUT2D eigenvalue weighted by molar-refractivity contribution is 5.47. The number of hydrogen-bond donors (Lipinski definition) is 2. The van der Waals surface area contributed by atoms with Crippen LogP contribution < -0.4 is 11.1 Å². The molecule has 0 bridgehead atoms. The van der Waals surface area contributed by atoms with Crippen LogP contribution in [0.4, 0.5) is 24.8 Å². The van der Waals surface area contributed by atoms with Crippen molar-refractivity contribution in [1.29, 1.82) is 0 Å². The summed E-state index contributed by atoms with van der Waals surface area (Å²) in [6.45, 7) is 1.59. The van der Waals surface area contributed by atoms with Crippen LogP contribution in [0.25, 0.3) is 0 Å². The van der Waals surface area contributed by atoms with E-state index in [9.17, 15) is 13.2 Å². The molecule has 0 amide bonds. The molecule has 1 aliphatic rings. The highest BCUT2D eigenvalue weighted by Gasteiger charge is 2.31. The van der Waals surface area contributed by atoms with E-state index in [1.54, 1.807) is 0 Å². The van der Waals surface area contributed by atoms with Gasteiger partial charge in [0.25, 0.3) is 0 Å². The summed E-state index contributed by atoms with van der Waals surface area (Å²) in [7, 11) is 2.01. The summed E-state index contributed by atoms with van der Waals surface area (Å²) in [6.07, 6.45) is -2.25. The molecule has 1 aromatic rings. The molecule has 1 aliphatic heterocycles. The van der Waals surface area contributed by atoms with Crippen LogP contribution in [-0.4, -0.2) is 36.1 Å². The minimum Gasteiger partial charge on any atom is -0.384 e. The molecule has 1 saturated heterocycles. The number of nitrogens with one attached hydrogen (secondary N) is 1. The fourth-order valence-electron chi connectivity index (χ4n) is 2.27. The topological polar surface area (TPSA) is 54.2 Å². The highest BCUT2D eigenvalue weighted by Crippen LogP contribution is 2.31. The Hall–Kier alpha value is -1.50. The Morgan fingerprint density at radius 2 is 2.21 bits per heavy atom. The van der Waals surface area contributed by atoms with Crippen molar-refractivity contribution in [2.45, 2.75) is 25.1 Å². The van der Waals surface area contributed by atoms with Gasteiger partial charge >= 0.3 is 6.18 Å². The number of likely N-dealkylation sites (tertiary alicyclic amines) is 1. The van der Waals surface area contributed by atoms with Gasteiger partial charge in [0.2, 0.25) is 0 Å². The number of nitrogen functional groups attached to an aromatic ring is 1. The predicted molar refractivity (Wildman–Crippen MR) is 67.8 cm³/mol. The summed E-state index contributed by atoms with van der Waals surface area (Å²) in [4.78, 5) is 6.07. The van der Waals surface area contributed by atoms with Gasteiger partial charge in [0.05, 0.1) is 5.56 Å². The van der Waals surface area contributed by atoms with Crippen LogP contribution in [0.1, 0.15) is 18.4 Å². The molecule has 7 heteroatoms. The summed E-state index contributed by atoms with van der Waals surface area (Å²) in [6, 6.07) is 2.16. The molecule has 0 aliphatic carbocycles. The van der Waals surface area contributed by atoms with E-state index >= 15 is 0 Å². The van der Waals surface area contributed by atoms with Crippen LogP contribution in [0, 0.1) is 0 Å². The SMILES string of the molecule is CN1CCCC1CNc1cc(C(F)(F)F)cc(N)n1. The molecule has 19 heavy (non-hydrogen) atoms. The third-order valence-corrected chi connectivity index (χ3v) is 3.36. The maximum Gasteiger partial charge on any atom is 0.416 e. The van der Waals surface area contributed by atoms with Crippen LogP contribution >= 0.6 is 0 Å². The van der Waals surface area contributed by atoms with Gasteiger partial charge in [0.1, 0.15) is 11.6 Å². The number of halogens is 3. The van der Waals surface area contributed by atoms with E-state index in [1.165, 1.54) is 0 Å². The standard InChI is InChI=1S/C12H17F3N4/c1-19-4-2-3-9(19)7-17-11-6-8(12(13,14)15)5-10(16)18-11/h5-6,9H,2-4,7H2,1H3,(H3,16,17,18). The average molecular weight is 274 g/mol. The van der Waals surface area contributed by atoms with Crippen molar-refractivity contribution >= 4 is 11.6 Å². The molecule has 106 valence electrons. The second-order valence-corrected chi connectivity index (χ2v) is 4.82. The summed E-state index contributed by atoms with van der Waals surface area (Å²) >= 11 is 0. The normalized spacial score (nSPS) is 20.7. The maximum atomic E-state index is 12.6. The molecule has 0 saturated carbocycles. The Bertz CT molecular complexity index is 447. The van der Waals surface area contributed by atoms with Gasteiger partial charge in [-0.3, -0.25) is 0 Å². The number of nitrogens with two attached hydrogens (primary N) is 1. The molecule has 4 nitrogen and oxygen atoms in total. The van der Waals surface area contributed by atoms with Gasteiger partial charge in [-0.2, -0.15) is 13.2 Å². The van der Waals surface area contributed by atoms with Crippen molar-refractivity contribution in [3.8, 4) is 0 Å². The number of pyridine rings is 1. The van der Waals surface area contributed by atoms with Crippen LogP contribution in [0.15, 0.2) is 12.1 Å². The largest absolute Gasteiger partial charge is 0.416 e. The van der Waals surface area contributed by atoms with Crippen molar-refractivity contribution < 1.29 is 13.2 Å². The summed E-state index contributed by atoms with van der Waals surface area (Å²) in [5, 5.41) is 2.94. The molecule has 1 atom stereocenters. The summed E-state index contributed by atoms with van der Waals surface area (Å²) in [5.41, 5.74) is 4.63. The zero-order valence-electron chi connectivity index (χ0n) is 10.7. The first-order valence-electron chi connectivity index (χ1n) is 6.15. The van der Waals surface area contributed by atoms with Gasteiger partial charge in [-0.05, 0) is 38.6 Å². The Morgan fingerprint density at radius 3 is 2.79 bits per heavy atom. The van der Waals surface area contributed by atoms with E-state index in [0.717, 1.165) is 31.5 Å². The molecular weight excluding hydrogens is 257 g/mol. The summed E-state index contributed by atoms with van der Waals surface area (Å²) < 4.78 is 37.9. The Labute approximate surface area is 109 Å². The first-order valence-corrected chi connectivity index (χ1v) is 6.15. The molecule has 2 rings (SSSR count). The van der Waals surface area contributed by atoms with Crippen LogP contribution in [-0.2, 0) is 6.18 Å². The van der Waals surface area contributed by atoms with Gasteiger partial charge in [0.15, 0.2) is 0 Å². The monoisotopic (exact) mass is 274 g/mol. The molecule has 3 N–H and O–H groups in total. The number of rotatable bonds is 3. The third-order valence-electron chi connectivity index (χ3n) is 3.36. The third kappa shape index (κ3) is 3.50. The van der Waals surface area contributed by atoms with Crippen molar-refractivity contribution in [3.63, 3.8) is 0 Å². The molecule has 0 spiro atoms. The van der Waals surface area contributed by atoms with Crippen molar-refractivity contribution in [2.24, 2.45) is 0 Å². The fraction of sp³-hybridized carbons (Fsp3) is 0.583. The van der Waals surface area contributed by atoms with E-state index in [-0.39, 0.29) is 11.6 Å². The number of alkyl halides is 3. The minimum absolute atomic E-state index is 0.128. The molecule has 1 aromatic heterocycles. The summed E-state index contributed by atoms with van der Waals surface area (Å²) in [5.74, 6) is 0.0460. The zero-order valence-corrected chi connectivity index (χ0v) is 10.7. The van der Waals surface area contributed by atoms with Crippen LogP contribution in [0.2, 0.25) is 0 Å². The zero-order chi connectivity index (χ0) is 14.0. The number of hydrogen-bond acceptors (Lipinski definition) is 4. The fourth-order valence-corrected chi connectivity index (χ4v) is 2.27. The molecule has 0 radical (unpaired) electrons. The van der Waals surface area contributed by atoms with Gasteiger partial charge < -0.3 is 16.0 Å². The average Bonchev–Trinajstić information content (AvgIpc) is 2.70. The van der Waals surface area contributed by atoms with Gasteiger partial charge in [-0.15, -0.1) is 0 Å². The van der Waals surface area contributed by atoms with Crippen LogP contribution in [0.5, 0.6) is 0 Å². The van der Waals surface area contributed by atoms with Gasteiger partial charge in [-0.25, -0.2) is 4.98 Å². The minimum atomic E-state index is -4.41. The van der Waals surface area contributed by atoms with Crippen molar-refractivity contribution in [2.75, 3.05) is 31.2 Å². The number of nitrogens with zero attached hydrogens (tertiary/aromatic N) is 2. The number of anilines is 2. The Morgan fingerprint density at radius 1 is 1.47 bits per heavy atom. The van der Waals surface area contributed by atoms with E-state index in [4.69, 9.17) is 5.73 Å². The highest BCUT2D eigenvalue weighted by atomic mass is 19.4. The first-order chi connectivity index (χ1) is 8.86. The smallest absolute Gasteiger partial charge is 0.384 e. The Kier molecular flexibility index (Phi) is 3.84. The maximum absolute atomic E-state index is 12.6. The van der Waals surface area contributed by atoms with Crippen molar-refractivity contribution in [1.82, 2.24) is 9.88 Å². The number of likely N-dealkylation sites (N-methyl/N-ethyl adjacent to an activating group) is 1. The predicted octanol–water partition coefficient (Wildman–Crippen LogP) is 2.19. The molecular formula is C12H17F3N4. The lowest BCUT2D eigenvalue weighted by Gasteiger charge is -2.20. The second-order valence-electron chi connectivity index (χ2n) is 4.82. The Balaban J connectivity index is 2.06. The van der Waals surface area contributed by atoms with Crippen molar-refractivity contribution in [3.05, 3.63) is 17.7 Å². The lowest BCUT2D eigenvalue weighted by Crippen LogP contribution is -2.31. The lowest BCUT2D eigenvalue weighted by molar-refractivity contribution is -0.137. The molecule has 1 fully saturated rings. The molecule has 1 unspecified atom stereocenters. The van der Waals surface area contributed by atoms with Crippen LogP contribution in [0.3, 0.4) is 0 Å². The molecule has 2 heterocycles. The number of aromatic nitrogens is 1. The van der Waals surface area contributed by atoms with Gasteiger partial charge in [-0.1, -0.05) is 0 Å². The van der Waals surface area contributed by atoms with E-state index in [2.05, 4.69) is 15.2 Å². The van der Waals surface area contributed by atoms with E-state index in [1.807, 2.05) is 7.05 Å². The quantitative estimate of drug-likeness (QED) is 0.887. The van der Waals surface area contributed by atoms with Gasteiger partial charge in [0, 0.05) is 12.6 Å². The molecule has 0 aromatic carbocycles. The van der Waals surface area contributed by atoms with E-state index in [0.29, 0.717) is 12.6 Å². The second kappa shape index (κ2) is 5.24.